The number of methoxy groups -OCH3 is 1. The molecule has 0 saturated carbocycles. The summed E-state index contributed by atoms with van der Waals surface area (Å²) in [6, 6.07) is 13.9. The van der Waals surface area contributed by atoms with Crippen LogP contribution in [0.2, 0.25) is 0 Å². The smallest absolute Gasteiger partial charge is 0.186 e. The van der Waals surface area contributed by atoms with Gasteiger partial charge in [0.2, 0.25) is 0 Å². The fourth-order valence-electron chi connectivity index (χ4n) is 2.38. The Balaban J connectivity index is 1.85. The summed E-state index contributed by atoms with van der Waals surface area (Å²) in [6.07, 6.45) is 0. The van der Waals surface area contributed by atoms with Gasteiger partial charge in [-0.15, -0.1) is 11.3 Å². The summed E-state index contributed by atoms with van der Waals surface area (Å²) in [4.78, 5) is 4.70. The third-order valence-corrected chi connectivity index (χ3v) is 4.72. The molecule has 0 radical (unpaired) electrons. The molecule has 0 fully saturated rings. The third-order valence-electron chi connectivity index (χ3n) is 3.63. The minimum Gasteiger partial charge on any atom is -0.493 e. The Kier molecular flexibility index (Phi) is 5.53. The average molecular weight is 355 g/mol. The Bertz CT molecular complexity index is 843. The zero-order chi connectivity index (χ0) is 17.6. The van der Waals surface area contributed by atoms with Gasteiger partial charge in [0.15, 0.2) is 17.4 Å². The van der Waals surface area contributed by atoms with Gasteiger partial charge in [-0.2, -0.15) is 0 Å². The molecule has 2 N–H and O–H groups in total. The lowest BCUT2D eigenvalue weighted by Crippen LogP contribution is -2.26. The van der Waals surface area contributed by atoms with E-state index >= 15 is 0 Å². The normalized spacial score (nSPS) is 10.6. The van der Waals surface area contributed by atoms with Gasteiger partial charge in [-0.1, -0.05) is 12.1 Å². The summed E-state index contributed by atoms with van der Waals surface area (Å²) in [6.45, 7) is 5.46. The molecule has 1 heterocycles. The standard InChI is InChI=1S/C19H21N3O2S/c1-13(21-11-10-20-2)24-17-12-14(8-9-16(17)23-3)19-22-15-6-4-5-7-18(15)25-19/h4-9,12,20-21H,1,10-11H2,2-3H3. The maximum atomic E-state index is 5.84. The second-order valence-electron chi connectivity index (χ2n) is 5.41. The number of aromatic nitrogens is 1. The maximum Gasteiger partial charge on any atom is 0.186 e. The molecule has 0 atom stereocenters. The highest BCUT2D eigenvalue weighted by Crippen LogP contribution is 2.36. The van der Waals surface area contributed by atoms with Crippen LogP contribution in [0.3, 0.4) is 0 Å². The highest BCUT2D eigenvalue weighted by Gasteiger charge is 2.12. The Labute approximate surface area is 151 Å². The van der Waals surface area contributed by atoms with Gasteiger partial charge in [-0.3, -0.25) is 0 Å². The number of likely N-dealkylation sites (N-methyl/N-ethyl adjacent to an activating group) is 1. The van der Waals surface area contributed by atoms with E-state index in [1.807, 2.05) is 43.4 Å². The predicted octanol–water partition coefficient (Wildman–Crippen LogP) is 3.63. The van der Waals surface area contributed by atoms with E-state index < -0.39 is 0 Å². The summed E-state index contributed by atoms with van der Waals surface area (Å²) in [5.74, 6) is 1.75. The molecule has 2 aromatic carbocycles. The molecule has 0 aliphatic rings. The average Bonchev–Trinajstić information content (AvgIpc) is 3.06. The van der Waals surface area contributed by atoms with Crippen molar-refractivity contribution in [1.29, 1.82) is 0 Å². The van der Waals surface area contributed by atoms with Crippen molar-refractivity contribution >= 4 is 21.6 Å². The number of nitrogens with zero attached hydrogens (tertiary/aromatic N) is 1. The second-order valence-corrected chi connectivity index (χ2v) is 6.44. The van der Waals surface area contributed by atoms with Gasteiger partial charge in [-0.05, 0) is 44.0 Å². The van der Waals surface area contributed by atoms with Crippen LogP contribution in [0.1, 0.15) is 0 Å². The van der Waals surface area contributed by atoms with Crippen LogP contribution in [-0.2, 0) is 0 Å². The van der Waals surface area contributed by atoms with Crippen molar-refractivity contribution in [3.63, 3.8) is 0 Å². The van der Waals surface area contributed by atoms with Crippen LogP contribution < -0.4 is 20.1 Å². The Morgan fingerprint density at radius 2 is 2.00 bits per heavy atom. The van der Waals surface area contributed by atoms with E-state index in [2.05, 4.69) is 23.3 Å². The molecule has 0 aliphatic heterocycles. The molecule has 0 amide bonds. The summed E-state index contributed by atoms with van der Waals surface area (Å²) in [5, 5.41) is 7.13. The van der Waals surface area contributed by atoms with Crippen molar-refractivity contribution in [3.8, 4) is 22.1 Å². The molecule has 6 heteroatoms. The van der Waals surface area contributed by atoms with Crippen molar-refractivity contribution in [2.75, 3.05) is 27.2 Å². The van der Waals surface area contributed by atoms with E-state index in [1.54, 1.807) is 18.4 Å². The first-order valence-electron chi connectivity index (χ1n) is 8.00. The van der Waals surface area contributed by atoms with Gasteiger partial charge in [0.1, 0.15) is 5.01 Å². The van der Waals surface area contributed by atoms with E-state index in [0.717, 1.165) is 33.9 Å². The number of ether oxygens (including phenoxy) is 2. The first-order chi connectivity index (χ1) is 12.2. The molecular formula is C19H21N3O2S. The Hall–Kier alpha value is -2.57. The van der Waals surface area contributed by atoms with Gasteiger partial charge in [0.05, 0.1) is 17.3 Å². The molecule has 130 valence electrons. The van der Waals surface area contributed by atoms with Crippen LogP contribution in [-0.4, -0.2) is 32.2 Å². The summed E-state index contributed by atoms with van der Waals surface area (Å²) >= 11 is 1.65. The minimum absolute atomic E-state index is 0.481. The number of hydrogen-bond acceptors (Lipinski definition) is 6. The van der Waals surface area contributed by atoms with Crippen molar-refractivity contribution in [3.05, 3.63) is 54.9 Å². The van der Waals surface area contributed by atoms with E-state index in [-0.39, 0.29) is 0 Å². The fourth-order valence-corrected chi connectivity index (χ4v) is 3.34. The topological polar surface area (TPSA) is 55.4 Å². The van der Waals surface area contributed by atoms with Gasteiger partial charge < -0.3 is 20.1 Å². The van der Waals surface area contributed by atoms with Crippen molar-refractivity contribution in [1.82, 2.24) is 15.6 Å². The van der Waals surface area contributed by atoms with Crippen LogP contribution in [0, 0.1) is 0 Å². The van der Waals surface area contributed by atoms with E-state index in [9.17, 15) is 0 Å². The molecule has 0 saturated heterocycles. The first-order valence-corrected chi connectivity index (χ1v) is 8.82. The molecule has 25 heavy (non-hydrogen) atoms. The van der Waals surface area contributed by atoms with Crippen LogP contribution in [0.15, 0.2) is 54.9 Å². The first kappa shape index (κ1) is 17.3. The monoisotopic (exact) mass is 355 g/mol. The summed E-state index contributed by atoms with van der Waals surface area (Å²) in [7, 11) is 3.52. The van der Waals surface area contributed by atoms with E-state index in [1.165, 1.54) is 0 Å². The molecule has 5 nitrogen and oxygen atoms in total. The SMILES string of the molecule is C=C(NCCNC)Oc1cc(-c2nc3ccccc3s2)ccc1OC. The molecule has 3 aromatic rings. The number of hydrogen-bond donors (Lipinski definition) is 2. The number of nitrogens with one attached hydrogen (secondary N) is 2. The van der Waals surface area contributed by atoms with Gasteiger partial charge in [0.25, 0.3) is 0 Å². The molecule has 0 bridgehead atoms. The zero-order valence-corrected chi connectivity index (χ0v) is 15.2. The number of para-hydroxylation sites is 1. The van der Waals surface area contributed by atoms with Crippen LogP contribution in [0.5, 0.6) is 11.5 Å². The molecule has 0 unspecified atom stereocenters. The number of rotatable bonds is 8. The number of benzene rings is 2. The van der Waals surface area contributed by atoms with Crippen LogP contribution >= 0.6 is 11.3 Å². The van der Waals surface area contributed by atoms with Crippen molar-refractivity contribution in [2.24, 2.45) is 0 Å². The largest absolute Gasteiger partial charge is 0.493 e. The van der Waals surface area contributed by atoms with E-state index in [0.29, 0.717) is 17.4 Å². The number of thiazole rings is 1. The molecular weight excluding hydrogens is 334 g/mol. The highest BCUT2D eigenvalue weighted by molar-refractivity contribution is 7.21. The lowest BCUT2D eigenvalue weighted by atomic mass is 10.2. The molecule has 0 spiro atoms. The quantitative estimate of drug-likeness (QED) is 0.477. The Morgan fingerprint density at radius 3 is 2.76 bits per heavy atom. The fraction of sp³-hybridized carbons (Fsp3) is 0.211. The minimum atomic E-state index is 0.481. The molecule has 1 aromatic heterocycles. The molecule has 3 rings (SSSR count). The molecule has 0 aliphatic carbocycles. The third kappa shape index (κ3) is 4.10. The van der Waals surface area contributed by atoms with Crippen LogP contribution in [0.25, 0.3) is 20.8 Å². The van der Waals surface area contributed by atoms with Gasteiger partial charge in [-0.25, -0.2) is 4.98 Å². The second kappa shape index (κ2) is 8.00. The Morgan fingerprint density at radius 1 is 1.16 bits per heavy atom. The van der Waals surface area contributed by atoms with Gasteiger partial charge >= 0.3 is 0 Å². The summed E-state index contributed by atoms with van der Waals surface area (Å²) < 4.78 is 12.4. The lowest BCUT2D eigenvalue weighted by molar-refractivity contribution is 0.342. The van der Waals surface area contributed by atoms with E-state index in [4.69, 9.17) is 14.5 Å². The summed E-state index contributed by atoms with van der Waals surface area (Å²) in [5.41, 5.74) is 1.99. The number of fused-ring (bicyclic) bond motifs is 1. The van der Waals surface area contributed by atoms with Crippen molar-refractivity contribution < 1.29 is 9.47 Å². The van der Waals surface area contributed by atoms with Gasteiger partial charge in [0, 0.05) is 18.7 Å². The predicted molar refractivity (Wildman–Crippen MR) is 103 cm³/mol. The highest BCUT2D eigenvalue weighted by atomic mass is 32.1. The maximum absolute atomic E-state index is 5.84. The lowest BCUT2D eigenvalue weighted by Gasteiger charge is -2.14. The van der Waals surface area contributed by atoms with Crippen LogP contribution in [0.4, 0.5) is 0 Å². The zero-order valence-electron chi connectivity index (χ0n) is 14.3. The van der Waals surface area contributed by atoms with Crippen molar-refractivity contribution in [2.45, 2.75) is 0 Å².